The lowest BCUT2D eigenvalue weighted by molar-refractivity contribution is 0.425. The molecule has 3 aromatic carbocycles. The van der Waals surface area contributed by atoms with E-state index in [0.717, 1.165) is 0 Å². The number of benzene rings is 3. The fraction of sp³-hybridized carbons (Fsp3) is 0. The van der Waals surface area contributed by atoms with Gasteiger partial charge in [0.05, 0.1) is 0 Å². The lowest BCUT2D eigenvalue weighted by Gasteiger charge is -2.12. The Morgan fingerprint density at radius 1 is 0.500 bits per heavy atom. The molecule has 34 heavy (non-hydrogen) atoms. The number of nitrogens with zero attached hydrogens (tertiary/aromatic N) is 3. The Morgan fingerprint density at radius 3 is 1.21 bits per heavy atom. The van der Waals surface area contributed by atoms with Crippen LogP contribution in [0.25, 0.3) is 0 Å². The number of anilines is 6. The first-order chi connectivity index (χ1) is 16.2. The van der Waals surface area contributed by atoms with Crippen molar-refractivity contribution < 1.29 is 30.5 Å². The van der Waals surface area contributed by atoms with Crippen molar-refractivity contribution in [3.8, 4) is 23.0 Å². The Kier molecular flexibility index (Phi) is 6.21. The third kappa shape index (κ3) is 5.73. The second-order valence-electron chi connectivity index (χ2n) is 7.15. The van der Waals surface area contributed by atoms with E-state index in [1.54, 1.807) is 12.1 Å². The van der Waals surface area contributed by atoms with E-state index >= 15 is 0 Å². The minimum absolute atomic E-state index is 0.0387. The number of phenolic OH excluding ortho intramolecular Hbond substituents is 4. The van der Waals surface area contributed by atoms with Crippen molar-refractivity contribution in [1.29, 1.82) is 0 Å². The SMILES string of the molecule is OB(O)c1ccc(Nc2nc(Nc3cc(O)cc(O)c3)nc(Nc3cc(O)cc(O)c3)n2)cc1. The van der Waals surface area contributed by atoms with Gasteiger partial charge in [0.2, 0.25) is 17.8 Å². The predicted octanol–water partition coefficient (Wildman–Crippen LogP) is 1.60. The van der Waals surface area contributed by atoms with Crippen molar-refractivity contribution in [2.45, 2.75) is 0 Å². The Labute approximate surface area is 193 Å². The second-order valence-corrected chi connectivity index (χ2v) is 7.15. The highest BCUT2D eigenvalue weighted by Crippen LogP contribution is 2.28. The molecule has 0 saturated carbocycles. The maximum Gasteiger partial charge on any atom is 0.488 e. The molecule has 1 heterocycles. The highest BCUT2D eigenvalue weighted by molar-refractivity contribution is 6.58. The summed E-state index contributed by atoms with van der Waals surface area (Å²) in [6, 6.07) is 14.0. The molecule has 0 bridgehead atoms. The molecule has 0 aliphatic rings. The maximum absolute atomic E-state index is 9.72. The molecule has 0 unspecified atom stereocenters. The molecule has 172 valence electrons. The molecule has 12 nitrogen and oxygen atoms in total. The van der Waals surface area contributed by atoms with E-state index in [1.807, 2.05) is 0 Å². The van der Waals surface area contributed by atoms with Gasteiger partial charge >= 0.3 is 7.12 Å². The van der Waals surface area contributed by atoms with E-state index in [2.05, 4.69) is 30.9 Å². The monoisotopic (exact) mass is 462 g/mol. The summed E-state index contributed by atoms with van der Waals surface area (Å²) in [5.74, 6) is -0.520. The standard InChI is InChI=1S/C21H19BN6O6/c29-15-5-13(6-16(30)9-15)24-20-26-19(23-12-3-1-11(2-4-12)22(33)34)27-21(28-20)25-14-7-17(31)10-18(32)8-14/h1-10,29-34H,(H3,23,24,25,26,27,28). The summed E-state index contributed by atoms with van der Waals surface area (Å²) >= 11 is 0. The Balaban J connectivity index is 1.67. The van der Waals surface area contributed by atoms with Gasteiger partial charge in [-0.3, -0.25) is 0 Å². The first kappa shape index (κ1) is 22.4. The lowest BCUT2D eigenvalue weighted by Crippen LogP contribution is -2.29. The van der Waals surface area contributed by atoms with Gasteiger partial charge in [-0.2, -0.15) is 15.0 Å². The minimum atomic E-state index is -1.60. The minimum Gasteiger partial charge on any atom is -0.508 e. The van der Waals surface area contributed by atoms with E-state index in [-0.39, 0.29) is 40.8 Å². The van der Waals surface area contributed by atoms with Crippen LogP contribution in [0.4, 0.5) is 34.9 Å². The van der Waals surface area contributed by atoms with Crippen molar-refractivity contribution in [1.82, 2.24) is 15.0 Å². The molecule has 4 rings (SSSR count). The molecule has 0 spiro atoms. The molecule has 0 saturated heterocycles. The Bertz CT molecular complexity index is 1210. The van der Waals surface area contributed by atoms with Crippen LogP contribution in [-0.2, 0) is 0 Å². The summed E-state index contributed by atoms with van der Waals surface area (Å²) in [7, 11) is -1.60. The fourth-order valence-electron chi connectivity index (χ4n) is 3.00. The van der Waals surface area contributed by atoms with Crippen LogP contribution >= 0.6 is 0 Å². The molecule has 0 aliphatic heterocycles. The van der Waals surface area contributed by atoms with Crippen LogP contribution in [0.3, 0.4) is 0 Å². The van der Waals surface area contributed by atoms with Crippen LogP contribution in [0, 0.1) is 0 Å². The van der Waals surface area contributed by atoms with Crippen molar-refractivity contribution in [3.63, 3.8) is 0 Å². The van der Waals surface area contributed by atoms with Gasteiger partial charge < -0.3 is 46.4 Å². The van der Waals surface area contributed by atoms with Gasteiger partial charge in [0.1, 0.15) is 23.0 Å². The van der Waals surface area contributed by atoms with Gasteiger partial charge in [-0.05, 0) is 17.6 Å². The molecule has 9 N–H and O–H groups in total. The average Bonchev–Trinajstić information content (AvgIpc) is 2.72. The molecule has 0 atom stereocenters. The largest absolute Gasteiger partial charge is 0.508 e. The normalized spacial score (nSPS) is 10.5. The molecule has 0 aliphatic carbocycles. The quantitative estimate of drug-likeness (QED) is 0.180. The summed E-state index contributed by atoms with van der Waals surface area (Å²) in [5, 5.41) is 66.1. The third-order valence-electron chi connectivity index (χ3n) is 4.42. The zero-order valence-electron chi connectivity index (χ0n) is 17.4. The van der Waals surface area contributed by atoms with Gasteiger partial charge in [-0.15, -0.1) is 0 Å². The molecule has 0 amide bonds. The van der Waals surface area contributed by atoms with Crippen LogP contribution < -0.4 is 21.4 Å². The number of hydrogen-bond acceptors (Lipinski definition) is 12. The van der Waals surface area contributed by atoms with Crippen LogP contribution in [0.1, 0.15) is 0 Å². The van der Waals surface area contributed by atoms with Crippen LogP contribution in [0.2, 0.25) is 0 Å². The van der Waals surface area contributed by atoms with E-state index in [1.165, 1.54) is 48.5 Å². The summed E-state index contributed by atoms with van der Waals surface area (Å²) in [4.78, 5) is 12.8. The van der Waals surface area contributed by atoms with E-state index in [0.29, 0.717) is 22.5 Å². The van der Waals surface area contributed by atoms with Crippen molar-refractivity contribution in [3.05, 3.63) is 60.7 Å². The van der Waals surface area contributed by atoms with Gasteiger partial charge in [0.25, 0.3) is 0 Å². The highest BCUT2D eigenvalue weighted by Gasteiger charge is 2.12. The number of rotatable bonds is 7. The molecule has 4 aromatic rings. The smallest absolute Gasteiger partial charge is 0.488 e. The summed E-state index contributed by atoms with van der Waals surface area (Å²) in [5.41, 5.74) is 1.45. The lowest BCUT2D eigenvalue weighted by atomic mass is 9.80. The van der Waals surface area contributed by atoms with E-state index in [4.69, 9.17) is 0 Å². The molecular formula is C21H19BN6O6. The van der Waals surface area contributed by atoms with Gasteiger partial charge in [-0.1, -0.05) is 12.1 Å². The number of nitrogens with one attached hydrogen (secondary N) is 3. The Morgan fingerprint density at radius 2 is 0.853 bits per heavy atom. The third-order valence-corrected chi connectivity index (χ3v) is 4.42. The van der Waals surface area contributed by atoms with E-state index < -0.39 is 7.12 Å². The molecule has 0 radical (unpaired) electrons. The van der Waals surface area contributed by atoms with Crippen molar-refractivity contribution in [2.75, 3.05) is 16.0 Å². The Hall–Kier alpha value is -4.75. The number of phenols is 4. The maximum atomic E-state index is 9.72. The number of aromatic hydroxyl groups is 4. The van der Waals surface area contributed by atoms with Crippen molar-refractivity contribution >= 4 is 47.5 Å². The second kappa shape index (κ2) is 9.40. The molecule has 13 heteroatoms. The molecular weight excluding hydrogens is 443 g/mol. The summed E-state index contributed by atoms with van der Waals surface area (Å²) in [6.07, 6.45) is 0. The van der Waals surface area contributed by atoms with Crippen LogP contribution in [-0.4, -0.2) is 52.5 Å². The summed E-state index contributed by atoms with van der Waals surface area (Å²) < 4.78 is 0. The summed E-state index contributed by atoms with van der Waals surface area (Å²) in [6.45, 7) is 0. The fourth-order valence-corrected chi connectivity index (χ4v) is 3.00. The molecule has 1 aromatic heterocycles. The van der Waals surface area contributed by atoms with Crippen molar-refractivity contribution in [2.24, 2.45) is 0 Å². The van der Waals surface area contributed by atoms with E-state index in [9.17, 15) is 30.5 Å². The number of hydrogen-bond donors (Lipinski definition) is 9. The predicted molar refractivity (Wildman–Crippen MR) is 125 cm³/mol. The van der Waals surface area contributed by atoms with Gasteiger partial charge in [0.15, 0.2) is 0 Å². The average molecular weight is 462 g/mol. The topological polar surface area (TPSA) is 196 Å². The van der Waals surface area contributed by atoms with Gasteiger partial charge in [-0.25, -0.2) is 0 Å². The zero-order chi connectivity index (χ0) is 24.2. The van der Waals surface area contributed by atoms with Gasteiger partial charge in [0, 0.05) is 53.5 Å². The van der Waals surface area contributed by atoms with Crippen LogP contribution in [0.5, 0.6) is 23.0 Å². The molecule has 0 fully saturated rings. The first-order valence-electron chi connectivity index (χ1n) is 9.83. The first-order valence-corrected chi connectivity index (χ1v) is 9.83. The number of aromatic nitrogens is 3. The van der Waals surface area contributed by atoms with Crippen LogP contribution in [0.15, 0.2) is 60.7 Å². The zero-order valence-corrected chi connectivity index (χ0v) is 17.4. The highest BCUT2D eigenvalue weighted by atomic mass is 16.4.